The molecule has 0 aliphatic carbocycles. The maximum atomic E-state index is 13.0. The number of nitrogens with one attached hydrogen (secondary N) is 1. The first-order valence-corrected chi connectivity index (χ1v) is 10.3. The third-order valence-electron chi connectivity index (χ3n) is 4.89. The smallest absolute Gasteiger partial charge is 0.281 e. The molecule has 9 heteroatoms. The summed E-state index contributed by atoms with van der Waals surface area (Å²) in [4.78, 5) is 24.7. The molecule has 2 aromatic carbocycles. The second-order valence-corrected chi connectivity index (χ2v) is 7.34. The lowest BCUT2D eigenvalue weighted by Crippen LogP contribution is -2.31. The number of non-ortho nitro benzene ring substituents is 1. The molecule has 0 radical (unpaired) electrons. The first-order chi connectivity index (χ1) is 15.5. The Hall–Kier alpha value is -3.98. The molecular weight excluding hydrogens is 430 g/mol. The van der Waals surface area contributed by atoms with Gasteiger partial charge in [0.25, 0.3) is 11.6 Å². The van der Waals surface area contributed by atoms with Crippen LogP contribution in [0.2, 0.25) is 0 Å². The summed E-state index contributed by atoms with van der Waals surface area (Å²) in [6.45, 7) is 2.16. The average molecular weight is 449 g/mol. The molecule has 4 rings (SSSR count). The van der Waals surface area contributed by atoms with Crippen LogP contribution in [0.4, 0.5) is 11.4 Å². The maximum Gasteiger partial charge on any atom is 0.281 e. The van der Waals surface area contributed by atoms with Crippen LogP contribution < -0.4 is 15.0 Å². The highest BCUT2D eigenvalue weighted by Gasteiger charge is 2.33. The number of carbonyl (C=O) groups is 1. The van der Waals surface area contributed by atoms with E-state index in [1.807, 2.05) is 31.2 Å². The summed E-state index contributed by atoms with van der Waals surface area (Å²) in [7, 11) is 0. The van der Waals surface area contributed by atoms with Crippen molar-refractivity contribution in [3.05, 3.63) is 93.6 Å². The lowest BCUT2D eigenvalue weighted by Gasteiger charge is -2.17. The van der Waals surface area contributed by atoms with Gasteiger partial charge in [0, 0.05) is 18.2 Å². The molecule has 0 saturated carbocycles. The minimum Gasteiger partial charge on any atom is -0.486 e. The fourth-order valence-electron chi connectivity index (χ4n) is 3.29. The van der Waals surface area contributed by atoms with E-state index in [-0.39, 0.29) is 18.2 Å². The summed E-state index contributed by atoms with van der Waals surface area (Å²) in [5.41, 5.74) is 2.09. The van der Waals surface area contributed by atoms with E-state index in [1.54, 1.807) is 18.2 Å². The van der Waals surface area contributed by atoms with E-state index in [0.717, 1.165) is 17.7 Å². The zero-order valence-electron chi connectivity index (χ0n) is 17.1. The molecule has 1 aromatic heterocycles. The van der Waals surface area contributed by atoms with Crippen molar-refractivity contribution in [2.24, 2.45) is 0 Å². The summed E-state index contributed by atoms with van der Waals surface area (Å²) >= 11 is 5.39. The summed E-state index contributed by atoms with van der Waals surface area (Å²) in [5, 5.41) is 14.0. The number of amides is 1. The lowest BCUT2D eigenvalue weighted by molar-refractivity contribution is -0.384. The van der Waals surface area contributed by atoms with Gasteiger partial charge in [-0.05, 0) is 54.5 Å². The van der Waals surface area contributed by atoms with E-state index < -0.39 is 4.92 Å². The van der Waals surface area contributed by atoms with Gasteiger partial charge >= 0.3 is 0 Å². The number of nitro groups is 1. The Kier molecular flexibility index (Phi) is 6.00. The van der Waals surface area contributed by atoms with Crippen LogP contribution in [-0.4, -0.2) is 15.9 Å². The third kappa shape index (κ3) is 4.37. The Bertz CT molecular complexity index is 1220. The van der Waals surface area contributed by atoms with Crippen molar-refractivity contribution in [3.8, 4) is 5.75 Å². The number of nitrogens with zero attached hydrogens (tertiary/aromatic N) is 2. The van der Waals surface area contributed by atoms with E-state index in [1.165, 1.54) is 29.2 Å². The SMILES string of the molecule is CCc1ccccc1N1C(=O)/C(=C\c2ccc(COc3ccc([N+](=O)[O-])cc3)o2)NC1=S. The van der Waals surface area contributed by atoms with Gasteiger partial charge in [0.15, 0.2) is 5.11 Å². The van der Waals surface area contributed by atoms with Gasteiger partial charge in [-0.3, -0.25) is 19.8 Å². The third-order valence-corrected chi connectivity index (χ3v) is 5.17. The van der Waals surface area contributed by atoms with Crippen LogP contribution >= 0.6 is 12.2 Å². The summed E-state index contributed by atoms with van der Waals surface area (Å²) in [5.74, 6) is 1.24. The van der Waals surface area contributed by atoms with E-state index in [2.05, 4.69) is 5.32 Å². The topological polar surface area (TPSA) is 97.9 Å². The second-order valence-electron chi connectivity index (χ2n) is 6.95. The van der Waals surface area contributed by atoms with Gasteiger partial charge in [0.1, 0.15) is 29.6 Å². The van der Waals surface area contributed by atoms with Gasteiger partial charge in [-0.1, -0.05) is 25.1 Å². The van der Waals surface area contributed by atoms with Crippen LogP contribution in [0.3, 0.4) is 0 Å². The number of benzene rings is 2. The monoisotopic (exact) mass is 449 g/mol. The molecule has 32 heavy (non-hydrogen) atoms. The fourth-order valence-corrected chi connectivity index (χ4v) is 3.58. The normalized spacial score (nSPS) is 14.7. The van der Waals surface area contributed by atoms with Gasteiger partial charge in [-0.2, -0.15) is 0 Å². The first kappa shape index (κ1) is 21.3. The number of hydrogen-bond donors (Lipinski definition) is 1. The molecule has 1 aliphatic rings. The van der Waals surface area contributed by atoms with E-state index in [4.69, 9.17) is 21.4 Å². The van der Waals surface area contributed by atoms with Gasteiger partial charge < -0.3 is 14.5 Å². The zero-order valence-corrected chi connectivity index (χ0v) is 17.9. The Labute approximate surface area is 189 Å². The number of furan rings is 1. The minimum absolute atomic E-state index is 0.00786. The molecule has 1 aliphatic heterocycles. The summed E-state index contributed by atoms with van der Waals surface area (Å²) in [6, 6.07) is 16.9. The number of rotatable bonds is 7. The Balaban J connectivity index is 1.45. The predicted molar refractivity (Wildman–Crippen MR) is 123 cm³/mol. The van der Waals surface area contributed by atoms with Gasteiger partial charge in [-0.15, -0.1) is 0 Å². The Morgan fingerprint density at radius 3 is 2.62 bits per heavy atom. The average Bonchev–Trinajstić information content (AvgIpc) is 3.36. The predicted octanol–water partition coefficient (Wildman–Crippen LogP) is 4.59. The van der Waals surface area contributed by atoms with Crippen molar-refractivity contribution in [2.45, 2.75) is 20.0 Å². The minimum atomic E-state index is -0.470. The van der Waals surface area contributed by atoms with Crippen LogP contribution in [-0.2, 0) is 17.8 Å². The van der Waals surface area contributed by atoms with Crippen molar-refractivity contribution < 1.29 is 18.9 Å². The zero-order chi connectivity index (χ0) is 22.7. The molecule has 0 atom stereocenters. The van der Waals surface area contributed by atoms with E-state index >= 15 is 0 Å². The van der Waals surface area contributed by atoms with Crippen molar-refractivity contribution in [1.82, 2.24) is 5.32 Å². The van der Waals surface area contributed by atoms with E-state index in [0.29, 0.717) is 28.1 Å². The van der Waals surface area contributed by atoms with Gasteiger partial charge in [0.2, 0.25) is 0 Å². The number of aryl methyl sites for hydroxylation is 1. The van der Waals surface area contributed by atoms with Crippen molar-refractivity contribution in [2.75, 3.05) is 4.90 Å². The summed E-state index contributed by atoms with van der Waals surface area (Å²) < 4.78 is 11.3. The second kappa shape index (κ2) is 9.03. The van der Waals surface area contributed by atoms with Gasteiger partial charge in [0.05, 0.1) is 10.6 Å². The highest BCUT2D eigenvalue weighted by molar-refractivity contribution is 7.80. The number of nitro benzene ring substituents is 1. The molecule has 1 amide bonds. The highest BCUT2D eigenvalue weighted by atomic mass is 32.1. The van der Waals surface area contributed by atoms with Crippen LogP contribution in [0.1, 0.15) is 24.0 Å². The highest BCUT2D eigenvalue weighted by Crippen LogP contribution is 2.27. The quantitative estimate of drug-likeness (QED) is 0.244. The molecule has 1 N–H and O–H groups in total. The number of hydrogen-bond acceptors (Lipinski definition) is 6. The number of para-hydroxylation sites is 1. The first-order valence-electron chi connectivity index (χ1n) is 9.87. The van der Waals surface area contributed by atoms with Gasteiger partial charge in [-0.25, -0.2) is 0 Å². The molecule has 3 aromatic rings. The molecule has 2 heterocycles. The molecule has 0 spiro atoms. The molecule has 0 unspecified atom stereocenters. The van der Waals surface area contributed by atoms with Crippen molar-refractivity contribution in [3.63, 3.8) is 0 Å². The maximum absolute atomic E-state index is 13.0. The molecule has 8 nitrogen and oxygen atoms in total. The van der Waals surface area contributed by atoms with E-state index in [9.17, 15) is 14.9 Å². The molecule has 1 fully saturated rings. The fraction of sp³-hybridized carbons (Fsp3) is 0.130. The largest absolute Gasteiger partial charge is 0.486 e. The molecule has 162 valence electrons. The van der Waals surface area contributed by atoms with Crippen LogP contribution in [0.5, 0.6) is 5.75 Å². The summed E-state index contributed by atoms with van der Waals surface area (Å²) in [6.07, 6.45) is 2.37. The number of thiocarbonyl (C=S) groups is 1. The van der Waals surface area contributed by atoms with Crippen LogP contribution in [0.15, 0.2) is 70.8 Å². The number of anilines is 1. The molecule has 0 bridgehead atoms. The van der Waals surface area contributed by atoms with Crippen molar-refractivity contribution >= 4 is 40.7 Å². The molecule has 1 saturated heterocycles. The standard InChI is InChI=1S/C23H19N3O5S/c1-2-15-5-3-4-6-21(15)25-22(27)20(24-23(25)32)13-18-11-12-19(31-18)14-30-17-9-7-16(8-10-17)26(28)29/h3-13H,2,14H2,1H3,(H,24,32)/b20-13+. The Morgan fingerprint density at radius 2 is 1.91 bits per heavy atom. The van der Waals surface area contributed by atoms with Crippen molar-refractivity contribution in [1.29, 1.82) is 0 Å². The molecular formula is C23H19N3O5S. The lowest BCUT2D eigenvalue weighted by atomic mass is 10.1. The number of ether oxygens (including phenoxy) is 1. The van der Waals surface area contributed by atoms with Crippen LogP contribution in [0, 0.1) is 10.1 Å². The number of carbonyl (C=O) groups excluding carboxylic acids is 1. The van der Waals surface area contributed by atoms with Crippen LogP contribution in [0.25, 0.3) is 6.08 Å². The Morgan fingerprint density at radius 1 is 1.16 bits per heavy atom.